The number of anilines is 2. The fourth-order valence-electron chi connectivity index (χ4n) is 2.37. The molecule has 0 aliphatic carbocycles. The minimum absolute atomic E-state index is 0.00451. The van der Waals surface area contributed by atoms with Crippen molar-refractivity contribution >= 4 is 23.2 Å². The number of nitrogens with zero attached hydrogens (tertiary/aromatic N) is 1. The van der Waals surface area contributed by atoms with Gasteiger partial charge >= 0.3 is 0 Å². The lowest BCUT2D eigenvalue weighted by Crippen LogP contribution is -2.36. The molecule has 2 aromatic carbocycles. The number of rotatable bonds is 8. The van der Waals surface area contributed by atoms with Crippen molar-refractivity contribution in [3.8, 4) is 11.5 Å². The van der Waals surface area contributed by atoms with E-state index in [9.17, 15) is 14.0 Å². The molecular weight excluding hydrogens is 353 g/mol. The van der Waals surface area contributed by atoms with Gasteiger partial charge in [-0.25, -0.2) is 4.39 Å². The second-order valence-electron chi connectivity index (χ2n) is 5.84. The fraction of sp³-hybridized carbons (Fsp3) is 0.263. The maximum Gasteiger partial charge on any atom is 0.238 e. The van der Waals surface area contributed by atoms with Crippen LogP contribution in [0.25, 0.3) is 0 Å². The molecule has 0 aromatic heterocycles. The van der Waals surface area contributed by atoms with Gasteiger partial charge in [-0.1, -0.05) is 0 Å². The van der Waals surface area contributed by atoms with Crippen molar-refractivity contribution in [3.05, 3.63) is 48.3 Å². The van der Waals surface area contributed by atoms with Crippen molar-refractivity contribution in [1.29, 1.82) is 0 Å². The van der Waals surface area contributed by atoms with Crippen LogP contribution in [0.1, 0.15) is 0 Å². The molecular formula is C19H22FN3O4. The van der Waals surface area contributed by atoms with Gasteiger partial charge in [0.05, 0.1) is 33.0 Å². The lowest BCUT2D eigenvalue weighted by Gasteiger charge is -2.17. The van der Waals surface area contributed by atoms with Gasteiger partial charge < -0.3 is 20.1 Å². The maximum absolute atomic E-state index is 12.9. The maximum atomic E-state index is 12.9. The standard InChI is InChI=1S/C19H22FN3O4/c1-23(11-18(24)21-14-6-4-13(20)5-7-14)12-19(25)22-16-9-8-15(26-2)10-17(16)27-3/h4-10H,11-12H2,1-3H3,(H,21,24)(H,22,25). The van der Waals surface area contributed by atoms with Gasteiger partial charge in [-0.2, -0.15) is 0 Å². The van der Waals surface area contributed by atoms with E-state index in [0.29, 0.717) is 22.9 Å². The molecule has 2 rings (SSSR count). The number of carbonyl (C=O) groups excluding carboxylic acids is 2. The molecule has 0 fully saturated rings. The largest absolute Gasteiger partial charge is 0.497 e. The third-order valence-corrected chi connectivity index (χ3v) is 3.64. The summed E-state index contributed by atoms with van der Waals surface area (Å²) in [5.74, 6) is 0.101. The summed E-state index contributed by atoms with van der Waals surface area (Å²) in [5, 5.41) is 5.38. The fourth-order valence-corrected chi connectivity index (χ4v) is 2.37. The molecule has 0 aliphatic rings. The molecule has 0 aliphatic heterocycles. The number of hydrogen-bond donors (Lipinski definition) is 2. The molecule has 144 valence electrons. The van der Waals surface area contributed by atoms with Crippen LogP contribution in [0.2, 0.25) is 0 Å². The average Bonchev–Trinajstić information content (AvgIpc) is 2.63. The molecule has 0 radical (unpaired) electrons. The van der Waals surface area contributed by atoms with Crippen LogP contribution in [-0.4, -0.2) is 51.1 Å². The minimum atomic E-state index is -0.379. The molecule has 0 saturated carbocycles. The van der Waals surface area contributed by atoms with Gasteiger partial charge in [0.15, 0.2) is 0 Å². The Kier molecular flexibility index (Phi) is 7.13. The van der Waals surface area contributed by atoms with Gasteiger partial charge in [0, 0.05) is 11.8 Å². The van der Waals surface area contributed by atoms with Crippen LogP contribution >= 0.6 is 0 Å². The molecule has 0 unspecified atom stereocenters. The van der Waals surface area contributed by atoms with Crippen LogP contribution in [0.5, 0.6) is 11.5 Å². The Morgan fingerprint density at radius 3 is 2.19 bits per heavy atom. The van der Waals surface area contributed by atoms with E-state index < -0.39 is 0 Å². The number of likely N-dealkylation sites (N-methyl/N-ethyl adjacent to an activating group) is 1. The van der Waals surface area contributed by atoms with Crippen LogP contribution in [0.15, 0.2) is 42.5 Å². The summed E-state index contributed by atoms with van der Waals surface area (Å²) in [6, 6.07) is 10.5. The van der Waals surface area contributed by atoms with E-state index >= 15 is 0 Å². The molecule has 7 nitrogen and oxygen atoms in total. The molecule has 0 atom stereocenters. The second-order valence-corrected chi connectivity index (χ2v) is 5.84. The van der Waals surface area contributed by atoms with Crippen molar-refractivity contribution in [3.63, 3.8) is 0 Å². The zero-order chi connectivity index (χ0) is 19.8. The number of amides is 2. The van der Waals surface area contributed by atoms with Crippen LogP contribution in [0.4, 0.5) is 15.8 Å². The summed E-state index contributed by atoms with van der Waals surface area (Å²) >= 11 is 0. The van der Waals surface area contributed by atoms with E-state index in [-0.39, 0.29) is 30.7 Å². The van der Waals surface area contributed by atoms with Gasteiger partial charge in [-0.3, -0.25) is 14.5 Å². The summed E-state index contributed by atoms with van der Waals surface area (Å²) in [5.41, 5.74) is 0.995. The molecule has 2 N–H and O–H groups in total. The highest BCUT2D eigenvalue weighted by molar-refractivity contribution is 5.95. The third-order valence-electron chi connectivity index (χ3n) is 3.64. The topological polar surface area (TPSA) is 79.9 Å². The Balaban J connectivity index is 1.86. The zero-order valence-electron chi connectivity index (χ0n) is 15.4. The zero-order valence-corrected chi connectivity index (χ0v) is 15.4. The minimum Gasteiger partial charge on any atom is -0.497 e. The Hall–Kier alpha value is -3.13. The lowest BCUT2D eigenvalue weighted by molar-refractivity contribution is -0.119. The summed E-state index contributed by atoms with van der Waals surface area (Å²) in [7, 11) is 4.68. The number of methoxy groups -OCH3 is 2. The first-order valence-corrected chi connectivity index (χ1v) is 8.17. The number of carbonyl (C=O) groups is 2. The molecule has 2 amide bonds. The predicted molar refractivity (Wildman–Crippen MR) is 101 cm³/mol. The summed E-state index contributed by atoms with van der Waals surface area (Å²) in [6.07, 6.45) is 0. The smallest absolute Gasteiger partial charge is 0.238 e. The summed E-state index contributed by atoms with van der Waals surface area (Å²) in [4.78, 5) is 25.8. The van der Waals surface area contributed by atoms with Crippen molar-refractivity contribution < 1.29 is 23.5 Å². The van der Waals surface area contributed by atoms with Gasteiger partial charge in [0.25, 0.3) is 0 Å². The Labute approximate surface area is 157 Å². The van der Waals surface area contributed by atoms with Gasteiger partial charge in [-0.15, -0.1) is 0 Å². The highest BCUT2D eigenvalue weighted by Gasteiger charge is 2.13. The van der Waals surface area contributed by atoms with Gasteiger partial charge in [0.2, 0.25) is 11.8 Å². The molecule has 0 heterocycles. The van der Waals surface area contributed by atoms with Gasteiger partial charge in [-0.05, 0) is 43.4 Å². The monoisotopic (exact) mass is 375 g/mol. The van der Waals surface area contributed by atoms with E-state index in [2.05, 4.69) is 10.6 Å². The molecule has 27 heavy (non-hydrogen) atoms. The summed E-state index contributed by atoms with van der Waals surface area (Å²) in [6.45, 7) is 0.0105. The number of benzene rings is 2. The van der Waals surface area contributed by atoms with Crippen LogP contribution in [-0.2, 0) is 9.59 Å². The van der Waals surface area contributed by atoms with Crippen LogP contribution < -0.4 is 20.1 Å². The first-order chi connectivity index (χ1) is 12.9. The normalized spacial score (nSPS) is 10.4. The third kappa shape index (κ3) is 6.27. The number of nitrogens with one attached hydrogen (secondary N) is 2. The van der Waals surface area contributed by atoms with E-state index in [1.807, 2.05) is 0 Å². The first-order valence-electron chi connectivity index (χ1n) is 8.17. The molecule has 2 aromatic rings. The van der Waals surface area contributed by atoms with Crippen molar-refractivity contribution in [2.75, 3.05) is 45.0 Å². The van der Waals surface area contributed by atoms with Crippen LogP contribution in [0, 0.1) is 5.82 Å². The highest BCUT2D eigenvalue weighted by atomic mass is 19.1. The van der Waals surface area contributed by atoms with Crippen molar-refractivity contribution in [2.24, 2.45) is 0 Å². The Morgan fingerprint density at radius 2 is 1.59 bits per heavy atom. The number of ether oxygens (including phenoxy) is 2. The highest BCUT2D eigenvalue weighted by Crippen LogP contribution is 2.28. The molecule has 8 heteroatoms. The van der Waals surface area contributed by atoms with E-state index in [1.54, 1.807) is 37.3 Å². The SMILES string of the molecule is COc1ccc(NC(=O)CN(C)CC(=O)Nc2ccc(F)cc2)c(OC)c1. The number of hydrogen-bond acceptors (Lipinski definition) is 5. The number of halogens is 1. The van der Waals surface area contributed by atoms with E-state index in [1.165, 1.54) is 31.4 Å². The average molecular weight is 375 g/mol. The molecule has 0 saturated heterocycles. The summed E-state index contributed by atoms with van der Waals surface area (Å²) < 4.78 is 23.2. The van der Waals surface area contributed by atoms with Gasteiger partial charge in [0.1, 0.15) is 17.3 Å². The Bertz CT molecular complexity index is 796. The first kappa shape index (κ1) is 20.2. The predicted octanol–water partition coefficient (Wildman–Crippen LogP) is 2.35. The lowest BCUT2D eigenvalue weighted by atomic mass is 10.2. The van der Waals surface area contributed by atoms with Crippen molar-refractivity contribution in [1.82, 2.24) is 4.90 Å². The molecule has 0 spiro atoms. The Morgan fingerprint density at radius 1 is 0.963 bits per heavy atom. The van der Waals surface area contributed by atoms with Crippen molar-refractivity contribution in [2.45, 2.75) is 0 Å². The molecule has 0 bridgehead atoms. The van der Waals surface area contributed by atoms with Crippen LogP contribution in [0.3, 0.4) is 0 Å². The van der Waals surface area contributed by atoms with E-state index in [4.69, 9.17) is 9.47 Å². The second kappa shape index (κ2) is 9.54. The quantitative estimate of drug-likeness (QED) is 0.740. The van der Waals surface area contributed by atoms with E-state index in [0.717, 1.165) is 0 Å².